The molecule has 0 aliphatic heterocycles. The Morgan fingerprint density at radius 1 is 1.47 bits per heavy atom. The topological polar surface area (TPSA) is 34.1 Å². The third-order valence-corrected chi connectivity index (χ3v) is 3.62. The summed E-state index contributed by atoms with van der Waals surface area (Å²) in [4.78, 5) is 4.24. The number of benzene rings is 1. The van der Waals surface area contributed by atoms with Crippen molar-refractivity contribution in [3.63, 3.8) is 0 Å². The van der Waals surface area contributed by atoms with Crippen LogP contribution in [0.2, 0.25) is 0 Å². The SMILES string of the molecule is COc1cc(Br)cc(C)c1NCc1nccs1. The van der Waals surface area contributed by atoms with Crippen molar-refractivity contribution in [2.24, 2.45) is 0 Å². The zero-order chi connectivity index (χ0) is 12.3. The second-order valence-corrected chi connectivity index (χ2v) is 5.47. The third kappa shape index (κ3) is 2.98. The van der Waals surface area contributed by atoms with E-state index >= 15 is 0 Å². The summed E-state index contributed by atoms with van der Waals surface area (Å²) in [5.74, 6) is 0.841. The second kappa shape index (κ2) is 5.51. The van der Waals surface area contributed by atoms with Crippen LogP contribution in [0, 0.1) is 6.92 Å². The molecule has 1 heterocycles. The molecule has 17 heavy (non-hydrogen) atoms. The Morgan fingerprint density at radius 2 is 2.29 bits per heavy atom. The molecule has 0 spiro atoms. The first-order valence-corrected chi connectivity index (χ1v) is 6.84. The van der Waals surface area contributed by atoms with E-state index in [1.54, 1.807) is 18.4 Å². The Hall–Kier alpha value is -1.07. The van der Waals surface area contributed by atoms with Gasteiger partial charge in [0.1, 0.15) is 10.8 Å². The minimum Gasteiger partial charge on any atom is -0.495 e. The van der Waals surface area contributed by atoms with Gasteiger partial charge in [-0.3, -0.25) is 0 Å². The minimum atomic E-state index is 0.719. The number of ether oxygens (including phenoxy) is 1. The van der Waals surface area contributed by atoms with Crippen LogP contribution in [0.4, 0.5) is 5.69 Å². The largest absolute Gasteiger partial charge is 0.495 e. The van der Waals surface area contributed by atoms with Crippen molar-refractivity contribution < 1.29 is 4.74 Å². The van der Waals surface area contributed by atoms with Gasteiger partial charge in [0.05, 0.1) is 19.3 Å². The van der Waals surface area contributed by atoms with Gasteiger partial charge in [-0.15, -0.1) is 11.3 Å². The molecule has 0 atom stereocenters. The summed E-state index contributed by atoms with van der Waals surface area (Å²) in [5.41, 5.74) is 2.17. The van der Waals surface area contributed by atoms with E-state index in [-0.39, 0.29) is 0 Å². The zero-order valence-electron chi connectivity index (χ0n) is 9.66. The summed E-state index contributed by atoms with van der Waals surface area (Å²) < 4.78 is 6.39. The van der Waals surface area contributed by atoms with Crippen LogP contribution in [-0.4, -0.2) is 12.1 Å². The van der Waals surface area contributed by atoms with Gasteiger partial charge in [-0.05, 0) is 24.6 Å². The van der Waals surface area contributed by atoms with Gasteiger partial charge in [0.25, 0.3) is 0 Å². The summed E-state index contributed by atoms with van der Waals surface area (Å²) in [6.07, 6.45) is 1.81. The lowest BCUT2D eigenvalue weighted by atomic mass is 10.2. The first-order chi connectivity index (χ1) is 8.20. The van der Waals surface area contributed by atoms with Crippen LogP contribution >= 0.6 is 27.3 Å². The maximum Gasteiger partial charge on any atom is 0.143 e. The lowest BCUT2D eigenvalue weighted by molar-refractivity contribution is 0.416. The van der Waals surface area contributed by atoms with Crippen molar-refractivity contribution in [2.75, 3.05) is 12.4 Å². The number of hydrogen-bond acceptors (Lipinski definition) is 4. The number of halogens is 1. The molecule has 0 amide bonds. The smallest absolute Gasteiger partial charge is 0.143 e. The molecule has 1 aromatic heterocycles. The molecular weight excluding hydrogens is 300 g/mol. The Morgan fingerprint density at radius 3 is 2.94 bits per heavy atom. The van der Waals surface area contributed by atoms with Gasteiger partial charge < -0.3 is 10.1 Å². The predicted octanol–water partition coefficient (Wildman–Crippen LogP) is 3.83. The molecular formula is C12H13BrN2OS. The fourth-order valence-corrected chi connectivity index (χ4v) is 2.71. The van der Waals surface area contributed by atoms with Crippen molar-refractivity contribution in [2.45, 2.75) is 13.5 Å². The fourth-order valence-electron chi connectivity index (χ4n) is 1.60. The van der Waals surface area contributed by atoms with E-state index in [9.17, 15) is 0 Å². The number of methoxy groups -OCH3 is 1. The molecule has 2 aromatic rings. The molecule has 0 radical (unpaired) electrons. The van der Waals surface area contributed by atoms with Crippen LogP contribution < -0.4 is 10.1 Å². The van der Waals surface area contributed by atoms with E-state index in [0.29, 0.717) is 0 Å². The second-order valence-electron chi connectivity index (χ2n) is 3.58. The molecule has 0 fully saturated rings. The summed E-state index contributed by atoms with van der Waals surface area (Å²) in [6.45, 7) is 2.77. The molecule has 2 rings (SSSR count). The van der Waals surface area contributed by atoms with Gasteiger partial charge in [0.15, 0.2) is 0 Å². The number of nitrogens with one attached hydrogen (secondary N) is 1. The maximum absolute atomic E-state index is 5.37. The Kier molecular flexibility index (Phi) is 4.02. The molecule has 0 aliphatic carbocycles. The van der Waals surface area contributed by atoms with E-state index in [1.165, 1.54) is 0 Å². The molecule has 3 nitrogen and oxygen atoms in total. The number of hydrogen-bond donors (Lipinski definition) is 1. The van der Waals surface area contributed by atoms with Crippen molar-refractivity contribution in [1.82, 2.24) is 4.98 Å². The van der Waals surface area contributed by atoms with Gasteiger partial charge in [-0.2, -0.15) is 0 Å². The van der Waals surface area contributed by atoms with Crippen molar-refractivity contribution >= 4 is 33.0 Å². The third-order valence-electron chi connectivity index (χ3n) is 2.38. The zero-order valence-corrected chi connectivity index (χ0v) is 12.1. The highest BCUT2D eigenvalue weighted by Crippen LogP contribution is 2.32. The van der Waals surface area contributed by atoms with E-state index in [4.69, 9.17) is 4.74 Å². The molecule has 0 bridgehead atoms. The lowest BCUT2D eigenvalue weighted by Crippen LogP contribution is -2.03. The van der Waals surface area contributed by atoms with E-state index in [2.05, 4.69) is 39.2 Å². The predicted molar refractivity (Wildman–Crippen MR) is 74.9 cm³/mol. The summed E-state index contributed by atoms with van der Waals surface area (Å²) in [7, 11) is 1.68. The van der Waals surface area contributed by atoms with Crippen molar-refractivity contribution in [3.8, 4) is 5.75 Å². The lowest BCUT2D eigenvalue weighted by Gasteiger charge is -2.13. The average molecular weight is 313 g/mol. The van der Waals surface area contributed by atoms with Crippen LogP contribution in [-0.2, 0) is 6.54 Å². The molecule has 5 heteroatoms. The summed E-state index contributed by atoms with van der Waals surface area (Å²) in [6, 6.07) is 4.02. The maximum atomic E-state index is 5.37. The van der Waals surface area contributed by atoms with Crippen LogP contribution in [0.3, 0.4) is 0 Å². The number of thiazole rings is 1. The average Bonchev–Trinajstić information content (AvgIpc) is 2.79. The molecule has 0 unspecified atom stereocenters. The van der Waals surface area contributed by atoms with Crippen LogP contribution in [0.1, 0.15) is 10.6 Å². The molecule has 1 aromatic carbocycles. The molecule has 0 aliphatic rings. The van der Waals surface area contributed by atoms with Gasteiger partial charge >= 0.3 is 0 Å². The van der Waals surface area contributed by atoms with Gasteiger partial charge in [-0.25, -0.2) is 4.98 Å². The first kappa shape index (κ1) is 12.4. The molecule has 1 N–H and O–H groups in total. The van der Waals surface area contributed by atoms with Crippen LogP contribution in [0.15, 0.2) is 28.2 Å². The highest BCUT2D eigenvalue weighted by molar-refractivity contribution is 9.10. The standard InChI is InChI=1S/C12H13BrN2OS/c1-8-5-9(13)6-10(16-2)12(8)15-7-11-14-3-4-17-11/h3-6,15H,7H2,1-2H3. The monoisotopic (exact) mass is 312 g/mol. The number of aromatic nitrogens is 1. The van der Waals surface area contributed by atoms with Crippen molar-refractivity contribution in [3.05, 3.63) is 38.8 Å². The number of rotatable bonds is 4. The van der Waals surface area contributed by atoms with Gasteiger partial charge in [0, 0.05) is 16.0 Å². The molecule has 0 saturated carbocycles. The molecule has 90 valence electrons. The van der Waals surface area contributed by atoms with Gasteiger partial charge in [-0.1, -0.05) is 15.9 Å². The molecule has 0 saturated heterocycles. The highest BCUT2D eigenvalue weighted by Gasteiger charge is 2.08. The van der Waals surface area contributed by atoms with Crippen LogP contribution in [0.25, 0.3) is 0 Å². The fraction of sp³-hybridized carbons (Fsp3) is 0.250. The van der Waals surface area contributed by atoms with Gasteiger partial charge in [0.2, 0.25) is 0 Å². The Balaban J connectivity index is 2.19. The normalized spacial score (nSPS) is 10.3. The highest BCUT2D eigenvalue weighted by atomic mass is 79.9. The first-order valence-electron chi connectivity index (χ1n) is 5.17. The number of anilines is 1. The van der Waals surface area contributed by atoms with Crippen LogP contribution in [0.5, 0.6) is 5.75 Å². The summed E-state index contributed by atoms with van der Waals surface area (Å²) in [5, 5.41) is 6.40. The van der Waals surface area contributed by atoms with Crippen molar-refractivity contribution in [1.29, 1.82) is 0 Å². The Labute approximate surface area is 113 Å². The Bertz CT molecular complexity index is 499. The number of nitrogens with zero attached hydrogens (tertiary/aromatic N) is 1. The van der Waals surface area contributed by atoms with E-state index in [1.807, 2.05) is 17.6 Å². The van der Waals surface area contributed by atoms with E-state index < -0.39 is 0 Å². The van der Waals surface area contributed by atoms with E-state index in [0.717, 1.165) is 33.0 Å². The summed E-state index contributed by atoms with van der Waals surface area (Å²) >= 11 is 5.10. The minimum absolute atomic E-state index is 0.719. The number of aryl methyl sites for hydroxylation is 1. The quantitative estimate of drug-likeness (QED) is 0.931.